The minimum Gasteiger partial charge on any atom is -0.480 e. The van der Waals surface area contributed by atoms with Gasteiger partial charge in [-0.2, -0.15) is 0 Å². The van der Waals surface area contributed by atoms with Crippen molar-refractivity contribution in [2.75, 3.05) is 26.7 Å². The van der Waals surface area contributed by atoms with Gasteiger partial charge in [0, 0.05) is 19.1 Å². The summed E-state index contributed by atoms with van der Waals surface area (Å²) in [5.74, 6) is -1.02. The van der Waals surface area contributed by atoms with Crippen molar-refractivity contribution >= 4 is 12.0 Å². The Bertz CT molecular complexity index is 296. The second-order valence-corrected chi connectivity index (χ2v) is 4.67. The van der Waals surface area contributed by atoms with Gasteiger partial charge >= 0.3 is 12.0 Å². The van der Waals surface area contributed by atoms with Crippen molar-refractivity contribution in [1.29, 1.82) is 0 Å². The van der Waals surface area contributed by atoms with E-state index in [9.17, 15) is 9.59 Å². The first-order chi connectivity index (χ1) is 7.91. The molecule has 0 aromatic carbocycles. The topological polar surface area (TPSA) is 72.9 Å². The van der Waals surface area contributed by atoms with Crippen LogP contribution in [0.15, 0.2) is 0 Å². The lowest BCUT2D eigenvalue weighted by Crippen LogP contribution is -2.51. The van der Waals surface area contributed by atoms with E-state index in [-0.39, 0.29) is 12.1 Å². The SMILES string of the molecule is CC1CN(C)CCCN1C(=O)N[C@@H](C)C(=O)O. The van der Waals surface area contributed by atoms with Gasteiger partial charge < -0.3 is 20.2 Å². The van der Waals surface area contributed by atoms with Crippen molar-refractivity contribution in [2.45, 2.75) is 32.4 Å². The van der Waals surface area contributed by atoms with E-state index in [0.29, 0.717) is 6.54 Å². The van der Waals surface area contributed by atoms with E-state index in [1.807, 2.05) is 14.0 Å². The second-order valence-electron chi connectivity index (χ2n) is 4.67. The largest absolute Gasteiger partial charge is 0.480 e. The second kappa shape index (κ2) is 5.86. The van der Waals surface area contributed by atoms with Crippen LogP contribution < -0.4 is 5.32 Å². The van der Waals surface area contributed by atoms with E-state index in [1.54, 1.807) is 4.90 Å². The fraction of sp³-hybridized carbons (Fsp3) is 0.818. The number of rotatable bonds is 2. The van der Waals surface area contributed by atoms with Gasteiger partial charge in [0.15, 0.2) is 0 Å². The van der Waals surface area contributed by atoms with Gasteiger partial charge in [-0.15, -0.1) is 0 Å². The zero-order valence-corrected chi connectivity index (χ0v) is 10.6. The molecular formula is C11H21N3O3. The van der Waals surface area contributed by atoms with E-state index in [1.165, 1.54) is 6.92 Å². The Morgan fingerprint density at radius 1 is 1.41 bits per heavy atom. The maximum absolute atomic E-state index is 11.9. The third-order valence-electron chi connectivity index (χ3n) is 3.02. The quantitative estimate of drug-likeness (QED) is 0.726. The number of carboxylic acid groups (broad SMARTS) is 1. The molecule has 0 aromatic rings. The van der Waals surface area contributed by atoms with Crippen molar-refractivity contribution in [3.05, 3.63) is 0 Å². The van der Waals surface area contributed by atoms with Crippen LogP contribution >= 0.6 is 0 Å². The molecule has 0 radical (unpaired) electrons. The minimum atomic E-state index is -1.02. The molecule has 1 unspecified atom stereocenters. The van der Waals surface area contributed by atoms with Gasteiger partial charge in [0.2, 0.25) is 0 Å². The lowest BCUT2D eigenvalue weighted by atomic mass is 10.3. The summed E-state index contributed by atoms with van der Waals surface area (Å²) in [7, 11) is 2.03. The number of carboxylic acids is 1. The van der Waals surface area contributed by atoms with Crippen LogP contribution in [0.3, 0.4) is 0 Å². The number of nitrogens with one attached hydrogen (secondary N) is 1. The van der Waals surface area contributed by atoms with Crippen LogP contribution in [-0.4, -0.2) is 65.7 Å². The number of urea groups is 1. The lowest BCUT2D eigenvalue weighted by molar-refractivity contribution is -0.138. The van der Waals surface area contributed by atoms with E-state index < -0.39 is 12.0 Å². The van der Waals surface area contributed by atoms with Crippen LogP contribution in [0.5, 0.6) is 0 Å². The Kier molecular flexibility index (Phi) is 4.74. The Morgan fingerprint density at radius 3 is 2.65 bits per heavy atom. The van der Waals surface area contributed by atoms with Crippen LogP contribution in [0.2, 0.25) is 0 Å². The van der Waals surface area contributed by atoms with Crippen LogP contribution in [-0.2, 0) is 4.79 Å². The van der Waals surface area contributed by atoms with Gasteiger partial charge in [-0.3, -0.25) is 4.79 Å². The number of aliphatic carboxylic acids is 1. The summed E-state index contributed by atoms with van der Waals surface area (Å²) in [4.78, 5) is 26.5. The molecule has 0 aliphatic carbocycles. The number of carbonyl (C=O) groups is 2. The van der Waals surface area contributed by atoms with E-state index in [4.69, 9.17) is 5.11 Å². The molecule has 1 aliphatic heterocycles. The van der Waals surface area contributed by atoms with Crippen molar-refractivity contribution in [3.63, 3.8) is 0 Å². The number of amides is 2. The van der Waals surface area contributed by atoms with E-state index in [0.717, 1.165) is 19.5 Å². The molecule has 0 aromatic heterocycles. The van der Waals surface area contributed by atoms with Gasteiger partial charge in [-0.05, 0) is 33.9 Å². The summed E-state index contributed by atoms with van der Waals surface area (Å²) in [6, 6.07) is -1.04. The molecule has 0 saturated carbocycles. The third kappa shape index (κ3) is 3.89. The lowest BCUT2D eigenvalue weighted by Gasteiger charge is -2.28. The Labute approximate surface area is 102 Å². The Hall–Kier alpha value is -1.30. The highest BCUT2D eigenvalue weighted by Gasteiger charge is 2.25. The summed E-state index contributed by atoms with van der Waals surface area (Å²) in [6.45, 7) is 5.89. The van der Waals surface area contributed by atoms with Gasteiger partial charge in [0.05, 0.1) is 0 Å². The molecule has 1 saturated heterocycles. The molecule has 17 heavy (non-hydrogen) atoms. The average molecular weight is 243 g/mol. The molecule has 1 heterocycles. The summed E-state index contributed by atoms with van der Waals surface area (Å²) < 4.78 is 0. The zero-order chi connectivity index (χ0) is 13.0. The normalized spacial score (nSPS) is 23.9. The van der Waals surface area contributed by atoms with Crippen LogP contribution in [0.25, 0.3) is 0 Å². The molecule has 1 rings (SSSR count). The number of hydrogen-bond acceptors (Lipinski definition) is 3. The summed E-state index contributed by atoms with van der Waals surface area (Å²) in [5, 5.41) is 11.2. The molecule has 6 heteroatoms. The van der Waals surface area contributed by atoms with Crippen LogP contribution in [0.4, 0.5) is 4.79 Å². The highest BCUT2D eigenvalue weighted by Crippen LogP contribution is 2.08. The fourth-order valence-electron chi connectivity index (χ4n) is 2.00. The van der Waals surface area contributed by atoms with Gasteiger partial charge in [-0.1, -0.05) is 0 Å². The van der Waals surface area contributed by atoms with Crippen molar-refractivity contribution in [3.8, 4) is 0 Å². The number of hydrogen-bond donors (Lipinski definition) is 2. The number of likely N-dealkylation sites (N-methyl/N-ethyl adjacent to an activating group) is 1. The highest BCUT2D eigenvalue weighted by atomic mass is 16.4. The molecule has 2 N–H and O–H groups in total. The molecule has 6 nitrogen and oxygen atoms in total. The molecule has 0 bridgehead atoms. The monoisotopic (exact) mass is 243 g/mol. The van der Waals surface area contributed by atoms with Gasteiger partial charge in [0.25, 0.3) is 0 Å². The fourth-order valence-corrected chi connectivity index (χ4v) is 2.00. The first-order valence-corrected chi connectivity index (χ1v) is 5.90. The molecule has 2 amide bonds. The van der Waals surface area contributed by atoms with E-state index >= 15 is 0 Å². The maximum Gasteiger partial charge on any atom is 0.325 e. The van der Waals surface area contributed by atoms with Crippen molar-refractivity contribution in [1.82, 2.24) is 15.1 Å². The molecule has 98 valence electrons. The first-order valence-electron chi connectivity index (χ1n) is 5.90. The number of carbonyl (C=O) groups excluding carboxylic acids is 1. The predicted octanol–water partition coefficient (Wildman–Crippen LogP) is 0.195. The smallest absolute Gasteiger partial charge is 0.325 e. The number of nitrogens with zero attached hydrogens (tertiary/aromatic N) is 2. The van der Waals surface area contributed by atoms with Gasteiger partial charge in [-0.25, -0.2) is 4.79 Å². The molecule has 0 spiro atoms. The standard InChI is InChI=1S/C11H21N3O3/c1-8-7-13(3)5-4-6-14(8)11(17)12-9(2)10(15)16/h8-9H,4-7H2,1-3H3,(H,12,17)(H,15,16)/t8?,9-/m0/s1. The van der Waals surface area contributed by atoms with E-state index in [2.05, 4.69) is 10.2 Å². The molecule has 1 fully saturated rings. The van der Waals surface area contributed by atoms with Crippen molar-refractivity contribution < 1.29 is 14.7 Å². The van der Waals surface area contributed by atoms with Crippen molar-refractivity contribution in [2.24, 2.45) is 0 Å². The predicted molar refractivity (Wildman–Crippen MR) is 63.9 cm³/mol. The molecule has 1 aliphatic rings. The molecule has 2 atom stereocenters. The summed E-state index contributed by atoms with van der Waals surface area (Å²) in [5.41, 5.74) is 0. The average Bonchev–Trinajstić information content (AvgIpc) is 2.38. The zero-order valence-electron chi connectivity index (χ0n) is 10.6. The van der Waals surface area contributed by atoms with Crippen LogP contribution in [0, 0.1) is 0 Å². The summed E-state index contributed by atoms with van der Waals surface area (Å²) in [6.07, 6.45) is 0.912. The van der Waals surface area contributed by atoms with Crippen LogP contribution in [0.1, 0.15) is 20.3 Å². The molecular weight excluding hydrogens is 222 g/mol. The Balaban J connectivity index is 2.58. The minimum absolute atomic E-state index is 0.100. The summed E-state index contributed by atoms with van der Waals surface area (Å²) >= 11 is 0. The first kappa shape index (κ1) is 13.8. The third-order valence-corrected chi connectivity index (χ3v) is 3.02. The maximum atomic E-state index is 11.9. The Morgan fingerprint density at radius 2 is 2.06 bits per heavy atom. The highest BCUT2D eigenvalue weighted by molar-refractivity contribution is 5.82. The van der Waals surface area contributed by atoms with Gasteiger partial charge in [0.1, 0.15) is 6.04 Å².